The summed E-state index contributed by atoms with van der Waals surface area (Å²) in [6.45, 7) is 5.71. The number of nitrogens with zero attached hydrogens (tertiary/aromatic N) is 2. The molecule has 1 aliphatic heterocycles. The number of rotatable bonds is 3. The van der Waals surface area contributed by atoms with Gasteiger partial charge in [0, 0.05) is 24.2 Å². The molecule has 2 aromatic rings. The number of aryl methyl sites for hydroxylation is 1. The van der Waals surface area contributed by atoms with Crippen molar-refractivity contribution in [3.63, 3.8) is 0 Å². The van der Waals surface area contributed by atoms with Gasteiger partial charge >= 0.3 is 5.97 Å². The van der Waals surface area contributed by atoms with E-state index in [-0.39, 0.29) is 11.8 Å². The highest BCUT2D eigenvalue weighted by atomic mass is 16.5. The van der Waals surface area contributed by atoms with Crippen LogP contribution in [0.2, 0.25) is 0 Å². The molecule has 1 aromatic carbocycles. The van der Waals surface area contributed by atoms with E-state index < -0.39 is 11.5 Å². The van der Waals surface area contributed by atoms with Gasteiger partial charge in [-0.15, -0.1) is 0 Å². The minimum absolute atomic E-state index is 0.0374. The fourth-order valence-electron chi connectivity index (χ4n) is 2.96. The van der Waals surface area contributed by atoms with Crippen LogP contribution in [0.1, 0.15) is 36.7 Å². The number of fused-ring (bicyclic) bond motifs is 1. The first-order valence-corrected chi connectivity index (χ1v) is 7.87. The molecule has 6 heteroatoms. The average molecular weight is 327 g/mol. The number of amidine groups is 1. The molecule has 1 N–H and O–H groups in total. The summed E-state index contributed by atoms with van der Waals surface area (Å²) in [7, 11) is 3.22. The van der Waals surface area contributed by atoms with Gasteiger partial charge in [-0.05, 0) is 25.0 Å². The molecule has 0 aliphatic carbocycles. The lowest BCUT2D eigenvalue weighted by Crippen LogP contribution is -2.41. The Balaban J connectivity index is 2.26. The van der Waals surface area contributed by atoms with Gasteiger partial charge in [0.2, 0.25) is 0 Å². The number of nitrogens with one attached hydrogen (secondary N) is 1. The van der Waals surface area contributed by atoms with Gasteiger partial charge in [0.1, 0.15) is 11.4 Å². The third-order valence-electron chi connectivity index (χ3n) is 4.84. The number of aromatic nitrogens is 1. The number of esters is 1. The molecular weight excluding hydrogens is 306 g/mol. The maximum Gasteiger partial charge on any atom is 0.340 e. The number of carbonyl (C=O) groups excluding carboxylic acids is 2. The average Bonchev–Trinajstić information content (AvgIpc) is 3.07. The second-order valence-corrected chi connectivity index (χ2v) is 6.56. The predicted molar refractivity (Wildman–Crippen MR) is 92.2 cm³/mol. The smallest absolute Gasteiger partial charge is 0.340 e. The minimum Gasteiger partial charge on any atom is -0.465 e. The van der Waals surface area contributed by atoms with E-state index >= 15 is 0 Å². The molecule has 1 unspecified atom stereocenters. The van der Waals surface area contributed by atoms with Gasteiger partial charge < -0.3 is 14.6 Å². The summed E-state index contributed by atoms with van der Waals surface area (Å²) in [5, 5.41) is 3.76. The van der Waals surface area contributed by atoms with Crippen molar-refractivity contribution in [1.82, 2.24) is 9.88 Å². The molecule has 0 spiro atoms. The van der Waals surface area contributed by atoms with Crippen molar-refractivity contribution >= 4 is 28.6 Å². The standard InChI is InChI=1S/C18H21N3O3/c1-10(2)18(3)17(23)19-15(20-18)12-7-6-11-8-9-21(4)14(11)13(12)16(22)24-5/h6-10H,1-5H3,(H,19,20,23). The number of aliphatic imine (C=N–C) groups is 1. The molecule has 0 fully saturated rings. The molecule has 1 atom stereocenters. The zero-order valence-corrected chi connectivity index (χ0v) is 14.5. The molecule has 1 aliphatic rings. The van der Waals surface area contributed by atoms with Crippen LogP contribution in [0.4, 0.5) is 0 Å². The molecule has 1 amide bonds. The van der Waals surface area contributed by atoms with Crippen molar-refractivity contribution in [1.29, 1.82) is 0 Å². The Hall–Kier alpha value is -2.63. The topological polar surface area (TPSA) is 72.7 Å². The molecule has 1 aromatic heterocycles. The third kappa shape index (κ3) is 2.21. The maximum absolute atomic E-state index is 12.4. The highest BCUT2D eigenvalue weighted by Crippen LogP contribution is 2.30. The number of hydrogen-bond donors (Lipinski definition) is 1. The molecular formula is C18H21N3O3. The summed E-state index contributed by atoms with van der Waals surface area (Å²) in [4.78, 5) is 29.4. The van der Waals surface area contributed by atoms with E-state index in [1.54, 1.807) is 13.0 Å². The van der Waals surface area contributed by atoms with Gasteiger partial charge in [-0.3, -0.25) is 9.79 Å². The fraction of sp³-hybridized carbons (Fsp3) is 0.389. The van der Waals surface area contributed by atoms with Crippen molar-refractivity contribution in [2.75, 3.05) is 7.11 Å². The van der Waals surface area contributed by atoms with Gasteiger partial charge in [0.15, 0.2) is 0 Å². The van der Waals surface area contributed by atoms with Gasteiger partial charge in [-0.25, -0.2) is 4.79 Å². The Kier molecular flexibility index (Phi) is 3.70. The molecule has 0 saturated carbocycles. The van der Waals surface area contributed by atoms with Gasteiger partial charge in [-0.2, -0.15) is 0 Å². The van der Waals surface area contributed by atoms with Crippen molar-refractivity contribution in [2.24, 2.45) is 18.0 Å². The SMILES string of the molecule is COC(=O)c1c(C2=NC(C)(C(C)C)C(=O)N2)ccc2ccn(C)c12. The van der Waals surface area contributed by atoms with E-state index in [1.807, 2.05) is 43.8 Å². The maximum atomic E-state index is 12.4. The number of benzene rings is 1. The summed E-state index contributed by atoms with van der Waals surface area (Å²) < 4.78 is 6.84. The second kappa shape index (κ2) is 5.47. The first-order chi connectivity index (χ1) is 11.3. The molecule has 126 valence electrons. The van der Waals surface area contributed by atoms with Gasteiger partial charge in [0.25, 0.3) is 5.91 Å². The Labute approximate surface area is 140 Å². The van der Waals surface area contributed by atoms with Gasteiger partial charge in [0.05, 0.1) is 18.2 Å². The summed E-state index contributed by atoms with van der Waals surface area (Å²) in [5.41, 5.74) is 0.907. The van der Waals surface area contributed by atoms with Crippen molar-refractivity contribution in [2.45, 2.75) is 26.3 Å². The zero-order valence-electron chi connectivity index (χ0n) is 14.5. The number of hydrogen-bond acceptors (Lipinski definition) is 4. The molecule has 6 nitrogen and oxygen atoms in total. The monoisotopic (exact) mass is 327 g/mol. The lowest BCUT2D eigenvalue weighted by atomic mass is 9.89. The van der Waals surface area contributed by atoms with Crippen LogP contribution in [0.15, 0.2) is 29.4 Å². The van der Waals surface area contributed by atoms with E-state index in [0.29, 0.717) is 17.0 Å². The van der Waals surface area contributed by atoms with Crippen LogP contribution >= 0.6 is 0 Å². The van der Waals surface area contributed by atoms with Gasteiger partial charge in [-0.1, -0.05) is 19.9 Å². The molecule has 0 saturated heterocycles. The van der Waals surface area contributed by atoms with E-state index in [0.717, 1.165) is 10.9 Å². The normalized spacial score (nSPS) is 20.4. The lowest BCUT2D eigenvalue weighted by Gasteiger charge is -2.21. The number of carbonyl (C=O) groups is 2. The summed E-state index contributed by atoms with van der Waals surface area (Å²) in [6, 6.07) is 5.65. The minimum atomic E-state index is -0.841. The Morgan fingerprint density at radius 3 is 2.62 bits per heavy atom. The molecule has 24 heavy (non-hydrogen) atoms. The molecule has 0 bridgehead atoms. The summed E-state index contributed by atoms with van der Waals surface area (Å²) in [5.74, 6) is -0.155. The Morgan fingerprint density at radius 1 is 1.33 bits per heavy atom. The van der Waals surface area contributed by atoms with Crippen LogP contribution < -0.4 is 5.32 Å². The van der Waals surface area contributed by atoms with Crippen molar-refractivity contribution in [3.8, 4) is 0 Å². The fourth-order valence-corrected chi connectivity index (χ4v) is 2.96. The number of methoxy groups -OCH3 is 1. The van der Waals surface area contributed by atoms with Crippen LogP contribution in [-0.4, -0.2) is 34.9 Å². The van der Waals surface area contributed by atoms with Crippen molar-refractivity contribution < 1.29 is 14.3 Å². The van der Waals surface area contributed by atoms with E-state index in [1.165, 1.54) is 7.11 Å². The van der Waals surface area contributed by atoms with Crippen LogP contribution in [-0.2, 0) is 16.6 Å². The summed E-state index contributed by atoms with van der Waals surface area (Å²) >= 11 is 0. The second-order valence-electron chi connectivity index (χ2n) is 6.56. The zero-order chi connectivity index (χ0) is 17.6. The highest BCUT2D eigenvalue weighted by Gasteiger charge is 2.42. The Bertz CT molecular complexity index is 879. The first-order valence-electron chi connectivity index (χ1n) is 7.87. The first kappa shape index (κ1) is 16.2. The van der Waals surface area contributed by atoms with E-state index in [2.05, 4.69) is 10.3 Å². The van der Waals surface area contributed by atoms with Crippen LogP contribution in [0.3, 0.4) is 0 Å². The van der Waals surface area contributed by atoms with Crippen LogP contribution in [0.25, 0.3) is 10.9 Å². The van der Waals surface area contributed by atoms with Crippen molar-refractivity contribution in [3.05, 3.63) is 35.5 Å². The van der Waals surface area contributed by atoms with Crippen LogP contribution in [0, 0.1) is 5.92 Å². The van der Waals surface area contributed by atoms with E-state index in [9.17, 15) is 9.59 Å². The van der Waals surface area contributed by atoms with Crippen LogP contribution in [0.5, 0.6) is 0 Å². The molecule has 0 radical (unpaired) electrons. The summed E-state index contributed by atoms with van der Waals surface area (Å²) in [6.07, 6.45) is 1.88. The number of ether oxygens (including phenoxy) is 1. The molecule has 3 rings (SSSR count). The quantitative estimate of drug-likeness (QED) is 0.879. The molecule has 2 heterocycles. The highest BCUT2D eigenvalue weighted by molar-refractivity contribution is 6.21. The predicted octanol–water partition coefficient (Wildman–Crippen LogP) is 2.26. The van der Waals surface area contributed by atoms with E-state index in [4.69, 9.17) is 4.74 Å². The number of amides is 1. The largest absolute Gasteiger partial charge is 0.465 e. The lowest BCUT2D eigenvalue weighted by molar-refractivity contribution is -0.124. The third-order valence-corrected chi connectivity index (χ3v) is 4.84. The Morgan fingerprint density at radius 2 is 2.04 bits per heavy atom.